The minimum absolute atomic E-state index is 0.235. The summed E-state index contributed by atoms with van der Waals surface area (Å²) in [6.07, 6.45) is 11.4. The van der Waals surface area contributed by atoms with E-state index in [1.54, 1.807) is 0 Å². The molecule has 0 saturated heterocycles. The maximum atomic E-state index is 13.7. The van der Waals surface area contributed by atoms with Crippen molar-refractivity contribution < 1.29 is 9.59 Å². The van der Waals surface area contributed by atoms with Crippen LogP contribution >= 0.6 is 0 Å². The zero-order chi connectivity index (χ0) is 24.4. The number of imide groups is 1. The Morgan fingerprint density at radius 2 is 1.83 bits per heavy atom. The number of nitrogens with two attached hydrogens (primary N) is 1. The van der Waals surface area contributed by atoms with E-state index < -0.39 is 11.9 Å². The number of rotatable bonds is 5. The molecule has 0 aromatic heterocycles. The quantitative estimate of drug-likeness (QED) is 0.613. The molecule has 0 fully saturated rings. The van der Waals surface area contributed by atoms with E-state index in [4.69, 9.17) is 5.73 Å². The summed E-state index contributed by atoms with van der Waals surface area (Å²) in [6, 6.07) is 9.48. The van der Waals surface area contributed by atoms with Crippen molar-refractivity contribution in [3.63, 3.8) is 0 Å². The standard InChI is InChI=1S/C28H33N5O2/c1-18(15-19-7-4-10-22(16-19)31-25-13-2-3-14-30-32-25)27(34)33(28(29)35)26-23-11-5-8-20(23)17-21-9-6-12-24(21)26/h2,4,7,10,13,16-18,30H,3,5-6,8-9,11-12,14-15H2,1H3,(H2,29,35)(H,31,32). The molecule has 1 aliphatic heterocycles. The summed E-state index contributed by atoms with van der Waals surface area (Å²) in [5.74, 6) is 0.105. The number of aliphatic imine (C=N–C) groups is 1. The summed E-state index contributed by atoms with van der Waals surface area (Å²) in [7, 11) is 0. The Kier molecular flexibility index (Phi) is 6.68. The Hall–Kier alpha value is -3.45. The summed E-state index contributed by atoms with van der Waals surface area (Å²) < 4.78 is 0. The van der Waals surface area contributed by atoms with Gasteiger partial charge in [0.15, 0.2) is 0 Å². The van der Waals surface area contributed by atoms with Crippen LogP contribution in [0.5, 0.6) is 0 Å². The number of primary amides is 1. The van der Waals surface area contributed by atoms with Crippen LogP contribution < -0.4 is 21.5 Å². The zero-order valence-corrected chi connectivity index (χ0v) is 20.3. The lowest BCUT2D eigenvalue weighted by Crippen LogP contribution is -2.45. The summed E-state index contributed by atoms with van der Waals surface area (Å²) >= 11 is 0. The van der Waals surface area contributed by atoms with Crippen LogP contribution in [0.3, 0.4) is 0 Å². The van der Waals surface area contributed by atoms with E-state index in [1.807, 2.05) is 37.3 Å². The van der Waals surface area contributed by atoms with Crippen LogP contribution in [0.1, 0.15) is 54.0 Å². The minimum atomic E-state index is -0.685. The number of aryl methyl sites for hydroxylation is 2. The SMILES string of the molecule is CC(Cc1cccc(N=C2C=CCCNN2)c1)C(=O)N(C(N)=O)c1c2c(cc3c1CCC3)CCC2. The fourth-order valence-corrected chi connectivity index (χ4v) is 5.55. The molecule has 1 heterocycles. The Morgan fingerprint density at radius 1 is 1.09 bits per heavy atom. The number of urea groups is 1. The Balaban J connectivity index is 1.40. The first-order valence-corrected chi connectivity index (χ1v) is 12.6. The average Bonchev–Trinajstić information content (AvgIpc) is 3.43. The Labute approximate surface area is 206 Å². The molecule has 4 N–H and O–H groups in total. The monoisotopic (exact) mass is 471 g/mol. The van der Waals surface area contributed by atoms with Crippen LogP contribution in [0.25, 0.3) is 0 Å². The van der Waals surface area contributed by atoms with Gasteiger partial charge in [-0.25, -0.2) is 20.1 Å². The number of carbonyl (C=O) groups is 2. The highest BCUT2D eigenvalue weighted by atomic mass is 16.2. The molecule has 0 saturated carbocycles. The first kappa shape index (κ1) is 23.3. The Bertz CT molecular complexity index is 1180. The molecule has 2 aromatic carbocycles. The second-order valence-electron chi connectivity index (χ2n) is 9.73. The number of carbonyl (C=O) groups excluding carboxylic acids is 2. The minimum Gasteiger partial charge on any atom is -0.351 e. The molecule has 1 atom stereocenters. The topological polar surface area (TPSA) is 99.8 Å². The highest BCUT2D eigenvalue weighted by Gasteiger charge is 2.34. The summed E-state index contributed by atoms with van der Waals surface area (Å²) in [5.41, 5.74) is 19.5. The van der Waals surface area contributed by atoms with Crippen molar-refractivity contribution in [3.05, 3.63) is 70.3 Å². The van der Waals surface area contributed by atoms with Crippen molar-refractivity contribution in [2.75, 3.05) is 11.4 Å². The van der Waals surface area contributed by atoms with Crippen molar-refractivity contribution >= 4 is 29.1 Å². The van der Waals surface area contributed by atoms with Crippen LogP contribution in [0.2, 0.25) is 0 Å². The van der Waals surface area contributed by atoms with Gasteiger partial charge in [-0.15, -0.1) is 0 Å². The lowest BCUT2D eigenvalue weighted by atomic mass is 9.95. The largest absolute Gasteiger partial charge is 0.351 e. The number of benzene rings is 2. The van der Waals surface area contributed by atoms with Crippen LogP contribution in [0.15, 0.2) is 47.5 Å². The number of hydrogen-bond acceptors (Lipinski definition) is 4. The van der Waals surface area contributed by atoms with Crippen LogP contribution in [-0.2, 0) is 36.9 Å². The molecule has 0 spiro atoms. The molecule has 35 heavy (non-hydrogen) atoms. The van der Waals surface area contributed by atoms with Gasteiger partial charge >= 0.3 is 6.03 Å². The first-order chi connectivity index (χ1) is 17.0. The molecule has 7 heteroatoms. The molecule has 3 amide bonds. The lowest BCUT2D eigenvalue weighted by Gasteiger charge is -2.27. The van der Waals surface area contributed by atoms with Crippen molar-refractivity contribution in [2.45, 2.75) is 58.3 Å². The van der Waals surface area contributed by atoms with Crippen molar-refractivity contribution in [1.29, 1.82) is 0 Å². The van der Waals surface area contributed by atoms with Gasteiger partial charge in [-0.3, -0.25) is 4.79 Å². The van der Waals surface area contributed by atoms with Gasteiger partial charge in [-0.2, -0.15) is 0 Å². The highest BCUT2D eigenvalue weighted by Crippen LogP contribution is 2.41. The zero-order valence-electron chi connectivity index (χ0n) is 20.3. The molecule has 0 radical (unpaired) electrons. The number of fused-ring (bicyclic) bond motifs is 2. The third-order valence-electron chi connectivity index (χ3n) is 7.16. The summed E-state index contributed by atoms with van der Waals surface area (Å²) in [6.45, 7) is 2.72. The van der Waals surface area contributed by atoms with E-state index >= 15 is 0 Å². The molecular weight excluding hydrogens is 438 g/mol. The fourth-order valence-electron chi connectivity index (χ4n) is 5.55. The predicted molar refractivity (Wildman–Crippen MR) is 139 cm³/mol. The number of hydrazine groups is 1. The fraction of sp³-hybridized carbons (Fsp3) is 0.393. The molecule has 7 nitrogen and oxygen atoms in total. The van der Waals surface area contributed by atoms with E-state index in [9.17, 15) is 9.59 Å². The number of amidine groups is 1. The lowest BCUT2D eigenvalue weighted by molar-refractivity contribution is -0.121. The summed E-state index contributed by atoms with van der Waals surface area (Å²) in [5, 5.41) is 0. The van der Waals surface area contributed by atoms with Crippen LogP contribution in [0.4, 0.5) is 16.2 Å². The number of nitrogens with one attached hydrogen (secondary N) is 2. The van der Waals surface area contributed by atoms with Crippen LogP contribution in [-0.4, -0.2) is 24.3 Å². The summed E-state index contributed by atoms with van der Waals surface area (Å²) in [4.78, 5) is 32.3. The van der Waals surface area contributed by atoms with Gasteiger partial charge in [0.25, 0.3) is 0 Å². The number of anilines is 1. The third-order valence-corrected chi connectivity index (χ3v) is 7.16. The molecule has 2 aromatic rings. The van der Waals surface area contributed by atoms with E-state index in [1.165, 1.54) is 16.0 Å². The average molecular weight is 472 g/mol. The number of hydrogen-bond donors (Lipinski definition) is 3. The molecule has 3 aliphatic rings. The van der Waals surface area contributed by atoms with E-state index in [0.29, 0.717) is 6.42 Å². The normalized spacial score (nSPS) is 18.5. The molecule has 0 bridgehead atoms. The first-order valence-electron chi connectivity index (χ1n) is 12.6. The van der Waals surface area contributed by atoms with Gasteiger partial charge < -0.3 is 11.2 Å². The van der Waals surface area contributed by atoms with E-state index in [0.717, 1.165) is 85.4 Å². The maximum Gasteiger partial charge on any atom is 0.326 e. The van der Waals surface area contributed by atoms with Gasteiger partial charge in [0.2, 0.25) is 5.91 Å². The maximum absolute atomic E-state index is 13.7. The second kappa shape index (κ2) is 10.0. The molecule has 182 valence electrons. The molecule has 5 rings (SSSR count). The second-order valence-corrected chi connectivity index (χ2v) is 9.73. The third kappa shape index (κ3) is 4.86. The van der Waals surface area contributed by atoms with Crippen molar-refractivity contribution in [3.8, 4) is 0 Å². The van der Waals surface area contributed by atoms with E-state index in [-0.39, 0.29) is 5.91 Å². The Morgan fingerprint density at radius 3 is 2.54 bits per heavy atom. The number of amides is 3. The molecule has 1 unspecified atom stereocenters. The van der Waals surface area contributed by atoms with Gasteiger partial charge in [0.05, 0.1) is 11.4 Å². The van der Waals surface area contributed by atoms with Gasteiger partial charge in [-0.05, 0) is 97.4 Å². The van der Waals surface area contributed by atoms with Crippen molar-refractivity contribution in [2.24, 2.45) is 16.6 Å². The smallest absolute Gasteiger partial charge is 0.326 e. The predicted octanol–water partition coefficient (Wildman–Crippen LogP) is 4.04. The highest BCUT2D eigenvalue weighted by molar-refractivity contribution is 6.15. The van der Waals surface area contributed by atoms with Gasteiger partial charge in [-0.1, -0.05) is 31.2 Å². The van der Waals surface area contributed by atoms with E-state index in [2.05, 4.69) is 28.0 Å². The number of nitrogens with zero attached hydrogens (tertiary/aromatic N) is 2. The van der Waals surface area contributed by atoms with Gasteiger partial charge in [0.1, 0.15) is 5.84 Å². The molecular formula is C28H33N5O2. The van der Waals surface area contributed by atoms with Crippen LogP contribution in [0, 0.1) is 5.92 Å². The van der Waals surface area contributed by atoms with Crippen molar-refractivity contribution in [1.82, 2.24) is 10.9 Å². The molecule has 2 aliphatic carbocycles. The van der Waals surface area contributed by atoms with Gasteiger partial charge in [0, 0.05) is 12.5 Å².